The summed E-state index contributed by atoms with van der Waals surface area (Å²) in [6.07, 6.45) is 2.88. The van der Waals surface area contributed by atoms with Crippen LogP contribution in [0.25, 0.3) is 0 Å². The Hall–Kier alpha value is -1.26. The zero-order chi connectivity index (χ0) is 9.90. The molecule has 0 saturated heterocycles. The molecular formula is C8H14N2O3. The predicted octanol–water partition coefficient (Wildman–Crippen LogP) is 0.300. The summed E-state index contributed by atoms with van der Waals surface area (Å²) in [6.45, 7) is 0.384. The van der Waals surface area contributed by atoms with Crippen molar-refractivity contribution in [2.24, 2.45) is 11.1 Å². The van der Waals surface area contributed by atoms with E-state index in [-0.39, 0.29) is 11.8 Å². The summed E-state index contributed by atoms with van der Waals surface area (Å²) in [5.41, 5.74) is 4.68. The van der Waals surface area contributed by atoms with Gasteiger partial charge < -0.3 is 16.2 Å². The van der Waals surface area contributed by atoms with Crippen LogP contribution in [-0.4, -0.2) is 23.7 Å². The molecule has 0 aromatic rings. The highest BCUT2D eigenvalue weighted by Gasteiger charge is 2.38. The Labute approximate surface area is 76.3 Å². The van der Waals surface area contributed by atoms with Gasteiger partial charge in [-0.25, -0.2) is 4.79 Å². The van der Waals surface area contributed by atoms with Crippen molar-refractivity contribution in [3.63, 3.8) is 0 Å². The van der Waals surface area contributed by atoms with E-state index in [1.54, 1.807) is 0 Å². The quantitative estimate of drug-likeness (QED) is 0.589. The number of carboxylic acids is 1. The van der Waals surface area contributed by atoms with E-state index in [1.165, 1.54) is 0 Å². The largest absolute Gasteiger partial charge is 0.481 e. The van der Waals surface area contributed by atoms with Gasteiger partial charge in [0.25, 0.3) is 0 Å². The number of hydrogen-bond acceptors (Lipinski definition) is 2. The van der Waals surface area contributed by atoms with E-state index in [1.807, 2.05) is 0 Å². The third kappa shape index (κ3) is 2.61. The highest BCUT2D eigenvalue weighted by molar-refractivity contribution is 5.72. The second-order valence-corrected chi connectivity index (χ2v) is 3.64. The van der Waals surface area contributed by atoms with Gasteiger partial charge in [-0.2, -0.15) is 0 Å². The lowest BCUT2D eigenvalue weighted by atomic mass is 9.66. The number of amides is 2. The number of primary amides is 1. The molecule has 1 rings (SSSR count). The van der Waals surface area contributed by atoms with Gasteiger partial charge in [0.1, 0.15) is 0 Å². The molecule has 0 spiro atoms. The monoisotopic (exact) mass is 186 g/mol. The van der Waals surface area contributed by atoms with Crippen LogP contribution >= 0.6 is 0 Å². The van der Waals surface area contributed by atoms with Crippen molar-refractivity contribution in [3.05, 3.63) is 0 Å². The molecule has 2 amide bonds. The minimum Gasteiger partial charge on any atom is -0.481 e. The first-order chi connectivity index (χ1) is 6.04. The number of nitrogens with one attached hydrogen (secondary N) is 1. The van der Waals surface area contributed by atoms with Crippen molar-refractivity contribution in [1.29, 1.82) is 0 Å². The minimum absolute atomic E-state index is 0.118. The lowest BCUT2D eigenvalue weighted by Gasteiger charge is -2.40. The van der Waals surface area contributed by atoms with Gasteiger partial charge in [-0.15, -0.1) is 0 Å². The molecule has 0 radical (unpaired) electrons. The van der Waals surface area contributed by atoms with Crippen LogP contribution in [-0.2, 0) is 4.79 Å². The molecule has 5 nitrogen and oxygen atoms in total. The van der Waals surface area contributed by atoms with E-state index in [2.05, 4.69) is 5.32 Å². The van der Waals surface area contributed by atoms with Gasteiger partial charge >= 0.3 is 12.0 Å². The summed E-state index contributed by atoms with van der Waals surface area (Å²) in [5, 5.41) is 11.1. The van der Waals surface area contributed by atoms with Crippen molar-refractivity contribution in [2.45, 2.75) is 25.7 Å². The molecule has 0 aromatic heterocycles. The number of nitrogens with two attached hydrogens (primary N) is 1. The Bertz CT molecular complexity index is 223. The van der Waals surface area contributed by atoms with Crippen molar-refractivity contribution in [1.82, 2.24) is 5.32 Å². The van der Waals surface area contributed by atoms with Crippen LogP contribution in [0.5, 0.6) is 0 Å². The lowest BCUT2D eigenvalue weighted by Crippen LogP contribution is -2.45. The van der Waals surface area contributed by atoms with Crippen molar-refractivity contribution in [2.75, 3.05) is 6.54 Å². The lowest BCUT2D eigenvalue weighted by molar-refractivity contribution is -0.141. The molecule has 1 fully saturated rings. The second kappa shape index (κ2) is 3.64. The molecule has 0 aliphatic heterocycles. The molecular weight excluding hydrogens is 172 g/mol. The normalized spacial score (nSPS) is 18.8. The molecule has 0 unspecified atom stereocenters. The SMILES string of the molecule is NC(=O)NCC1(CC(=O)O)CCC1. The Morgan fingerprint density at radius 3 is 2.38 bits per heavy atom. The fraction of sp³-hybridized carbons (Fsp3) is 0.750. The molecule has 0 bridgehead atoms. The molecule has 74 valence electrons. The maximum Gasteiger partial charge on any atom is 0.312 e. The van der Waals surface area contributed by atoms with E-state index in [0.717, 1.165) is 19.3 Å². The predicted molar refractivity (Wildman–Crippen MR) is 46.1 cm³/mol. The standard InChI is InChI=1S/C8H14N2O3/c9-7(13)10-5-8(2-1-3-8)4-6(11)12/h1-5H2,(H,11,12)(H3,9,10,13). The first-order valence-electron chi connectivity index (χ1n) is 4.29. The molecule has 1 saturated carbocycles. The van der Waals surface area contributed by atoms with Crippen LogP contribution in [0.4, 0.5) is 4.79 Å². The van der Waals surface area contributed by atoms with Gasteiger partial charge in [0.15, 0.2) is 0 Å². The fourth-order valence-corrected chi connectivity index (χ4v) is 1.69. The maximum absolute atomic E-state index is 10.5. The Morgan fingerprint density at radius 1 is 1.46 bits per heavy atom. The highest BCUT2D eigenvalue weighted by atomic mass is 16.4. The summed E-state index contributed by atoms with van der Waals surface area (Å²) in [5.74, 6) is -0.814. The topological polar surface area (TPSA) is 92.4 Å². The van der Waals surface area contributed by atoms with Crippen molar-refractivity contribution < 1.29 is 14.7 Å². The summed E-state index contributed by atoms with van der Waals surface area (Å²) in [4.78, 5) is 20.9. The smallest absolute Gasteiger partial charge is 0.312 e. The van der Waals surface area contributed by atoms with Crippen LogP contribution in [0.2, 0.25) is 0 Å². The van der Waals surface area contributed by atoms with Gasteiger partial charge in [0.05, 0.1) is 6.42 Å². The van der Waals surface area contributed by atoms with Crippen LogP contribution in [0.3, 0.4) is 0 Å². The molecule has 1 aliphatic carbocycles. The van der Waals surface area contributed by atoms with E-state index >= 15 is 0 Å². The van der Waals surface area contributed by atoms with Gasteiger partial charge in [0.2, 0.25) is 0 Å². The molecule has 0 aromatic carbocycles. The van der Waals surface area contributed by atoms with Gasteiger partial charge in [-0.1, -0.05) is 6.42 Å². The third-order valence-corrected chi connectivity index (χ3v) is 2.58. The number of carboxylic acid groups (broad SMARTS) is 1. The molecule has 0 heterocycles. The molecule has 1 aliphatic rings. The summed E-state index contributed by atoms with van der Waals surface area (Å²) in [6, 6.07) is -0.586. The molecule has 4 N–H and O–H groups in total. The number of hydrogen-bond donors (Lipinski definition) is 3. The average molecular weight is 186 g/mol. The fourth-order valence-electron chi connectivity index (χ4n) is 1.69. The minimum atomic E-state index is -0.814. The molecule has 0 atom stereocenters. The van der Waals surface area contributed by atoms with E-state index < -0.39 is 12.0 Å². The van der Waals surface area contributed by atoms with Crippen LogP contribution < -0.4 is 11.1 Å². The maximum atomic E-state index is 10.5. The van der Waals surface area contributed by atoms with E-state index in [9.17, 15) is 9.59 Å². The third-order valence-electron chi connectivity index (χ3n) is 2.58. The molecule has 13 heavy (non-hydrogen) atoms. The van der Waals surface area contributed by atoms with Gasteiger partial charge in [0, 0.05) is 6.54 Å². The van der Waals surface area contributed by atoms with E-state index in [4.69, 9.17) is 10.8 Å². The summed E-state index contributed by atoms with van der Waals surface area (Å²) >= 11 is 0. The van der Waals surface area contributed by atoms with Crippen molar-refractivity contribution >= 4 is 12.0 Å². The van der Waals surface area contributed by atoms with Crippen LogP contribution in [0.15, 0.2) is 0 Å². The zero-order valence-electron chi connectivity index (χ0n) is 7.38. The van der Waals surface area contributed by atoms with Crippen LogP contribution in [0.1, 0.15) is 25.7 Å². The van der Waals surface area contributed by atoms with Crippen molar-refractivity contribution in [3.8, 4) is 0 Å². The molecule has 5 heteroatoms. The zero-order valence-corrected chi connectivity index (χ0v) is 7.38. The Balaban J connectivity index is 2.40. The number of carbonyl (C=O) groups excluding carboxylic acids is 1. The number of urea groups is 1. The number of carbonyl (C=O) groups is 2. The Kier molecular flexibility index (Phi) is 2.75. The first kappa shape index (κ1) is 9.83. The Morgan fingerprint density at radius 2 is 2.08 bits per heavy atom. The van der Waals surface area contributed by atoms with Gasteiger partial charge in [-0.05, 0) is 18.3 Å². The average Bonchev–Trinajstić information content (AvgIpc) is 1.93. The number of aliphatic carboxylic acids is 1. The summed E-state index contributed by atoms with van der Waals surface area (Å²) in [7, 11) is 0. The highest BCUT2D eigenvalue weighted by Crippen LogP contribution is 2.43. The van der Waals surface area contributed by atoms with Gasteiger partial charge in [-0.3, -0.25) is 4.79 Å². The second-order valence-electron chi connectivity index (χ2n) is 3.64. The van der Waals surface area contributed by atoms with Crippen LogP contribution in [0, 0.1) is 5.41 Å². The first-order valence-corrected chi connectivity index (χ1v) is 4.29. The number of rotatable bonds is 4. The summed E-state index contributed by atoms with van der Waals surface area (Å²) < 4.78 is 0. The van der Waals surface area contributed by atoms with E-state index in [0.29, 0.717) is 6.54 Å².